The number of thioether (sulfide) groups is 1. The summed E-state index contributed by atoms with van der Waals surface area (Å²) in [5, 5.41) is 70.7. The van der Waals surface area contributed by atoms with Gasteiger partial charge in [-0.25, -0.2) is 14.4 Å². The topological polar surface area (TPSA) is 303 Å². The molecule has 0 atom stereocenters. The Hall–Kier alpha value is -4.50. The number of hydrogen-bond acceptors (Lipinski definition) is 12. The van der Waals surface area contributed by atoms with E-state index in [0.717, 1.165) is 58.1 Å². The number of carbonyl (C=O) groups is 7. The van der Waals surface area contributed by atoms with Gasteiger partial charge in [0.1, 0.15) is 0 Å². The molecule has 0 unspecified atom stereocenters. The van der Waals surface area contributed by atoms with Gasteiger partial charge in [0.15, 0.2) is 11.2 Å². The number of hydrogen-bond donors (Lipinski definition) is 9. The van der Waals surface area contributed by atoms with Crippen LogP contribution in [0.3, 0.4) is 0 Å². The molecule has 0 aliphatic rings. The number of carboxylic acids is 6. The highest BCUT2D eigenvalue weighted by Gasteiger charge is 2.41. The molecule has 1 rings (SSSR count). The molecule has 2 amide bonds. The van der Waals surface area contributed by atoms with Crippen LogP contribution >= 0.6 is 11.8 Å². The first-order valence-electron chi connectivity index (χ1n) is 16.6. The minimum absolute atomic E-state index is 0.0583. The number of amides is 2. The van der Waals surface area contributed by atoms with Gasteiger partial charge in [0.25, 0.3) is 0 Å². The minimum atomic E-state index is -2.74. The van der Waals surface area contributed by atoms with E-state index in [1.54, 1.807) is 11.8 Å². The van der Waals surface area contributed by atoms with Crippen molar-refractivity contribution < 1.29 is 74.4 Å². The molecule has 0 heterocycles. The summed E-state index contributed by atoms with van der Waals surface area (Å²) in [6.07, 6.45) is -4.58. The van der Waals surface area contributed by atoms with Crippen LogP contribution in [0.15, 0.2) is 35.2 Å². The number of carbonyl (C=O) groups excluding carboxylic acids is 1. The van der Waals surface area contributed by atoms with Crippen molar-refractivity contribution in [2.24, 2.45) is 0 Å². The standard InChI is InChI=1S/C21H38N4OS.2C6H8O7/c1-5-23(6-2)15-14-22-21(26)25(17-16-24(7-3)8-4)18-19-27-20-12-10-9-11-13-20;2*7-3(8)1-6(13,5(11)12)2-4(9)10/h9-13H,5-8,14-19H2,1-4H3,(H,22,26);2*13H,1-2H2,(H,7,8)(H,9,10)(H,11,12). The van der Waals surface area contributed by atoms with Crippen molar-refractivity contribution in [3.8, 4) is 0 Å². The van der Waals surface area contributed by atoms with Gasteiger partial charge >= 0.3 is 41.8 Å². The maximum Gasteiger partial charge on any atom is 0.336 e. The lowest BCUT2D eigenvalue weighted by Gasteiger charge is -2.27. The first kappa shape index (κ1) is 50.6. The van der Waals surface area contributed by atoms with Gasteiger partial charge in [-0.05, 0) is 38.3 Å². The van der Waals surface area contributed by atoms with Crippen molar-refractivity contribution in [1.82, 2.24) is 20.0 Å². The van der Waals surface area contributed by atoms with Crippen LogP contribution < -0.4 is 5.32 Å². The van der Waals surface area contributed by atoms with Gasteiger partial charge in [-0.3, -0.25) is 19.2 Å². The second-order valence-corrected chi connectivity index (χ2v) is 12.6. The van der Waals surface area contributed by atoms with Crippen LogP contribution in [0.4, 0.5) is 4.79 Å². The second kappa shape index (κ2) is 27.2. The van der Waals surface area contributed by atoms with Crippen LogP contribution in [0.25, 0.3) is 0 Å². The molecule has 9 N–H and O–H groups in total. The Morgan fingerprint density at radius 2 is 0.962 bits per heavy atom. The van der Waals surface area contributed by atoms with Crippen LogP contribution in [0.5, 0.6) is 0 Å². The van der Waals surface area contributed by atoms with Crippen molar-refractivity contribution in [3.05, 3.63) is 30.3 Å². The molecular weight excluding hydrogens is 724 g/mol. The number of aliphatic hydroxyl groups is 2. The summed E-state index contributed by atoms with van der Waals surface area (Å²) in [5.74, 6) is -9.13. The summed E-state index contributed by atoms with van der Waals surface area (Å²) >= 11 is 1.80. The lowest BCUT2D eigenvalue weighted by molar-refractivity contribution is -0.170. The van der Waals surface area contributed by atoms with E-state index in [0.29, 0.717) is 6.54 Å². The number of likely N-dealkylation sites (N-methyl/N-ethyl adjacent to an activating group) is 2. The smallest absolute Gasteiger partial charge is 0.336 e. The lowest BCUT2D eigenvalue weighted by atomic mass is 9.96. The molecule has 1 aromatic carbocycles. The second-order valence-electron chi connectivity index (χ2n) is 11.4. The summed E-state index contributed by atoms with van der Waals surface area (Å²) in [5.41, 5.74) is -5.48. The summed E-state index contributed by atoms with van der Waals surface area (Å²) in [7, 11) is 0. The molecule has 0 fully saturated rings. The number of aliphatic carboxylic acids is 6. The average Bonchev–Trinajstić information content (AvgIpc) is 3.05. The summed E-state index contributed by atoms with van der Waals surface area (Å²) in [6.45, 7) is 16.8. The zero-order chi connectivity index (χ0) is 41.2. The minimum Gasteiger partial charge on any atom is -0.481 e. The van der Waals surface area contributed by atoms with E-state index >= 15 is 0 Å². The predicted molar refractivity (Wildman–Crippen MR) is 192 cm³/mol. The average molecular weight is 779 g/mol. The van der Waals surface area contributed by atoms with E-state index in [1.165, 1.54) is 4.90 Å². The lowest BCUT2D eigenvalue weighted by Crippen LogP contribution is -2.46. The number of carboxylic acid groups (broad SMARTS) is 6. The normalized spacial score (nSPS) is 11.0. The number of nitrogens with one attached hydrogen (secondary N) is 1. The van der Waals surface area contributed by atoms with Crippen LogP contribution in [-0.2, 0) is 28.8 Å². The first-order valence-corrected chi connectivity index (χ1v) is 17.6. The fourth-order valence-corrected chi connectivity index (χ4v) is 5.20. The number of rotatable bonds is 24. The van der Waals surface area contributed by atoms with Gasteiger partial charge in [0.2, 0.25) is 0 Å². The van der Waals surface area contributed by atoms with Crippen LogP contribution in [0, 0.1) is 0 Å². The van der Waals surface area contributed by atoms with E-state index in [4.69, 9.17) is 40.9 Å². The number of nitrogens with zero attached hydrogens (tertiary/aromatic N) is 3. The summed E-state index contributed by atoms with van der Waals surface area (Å²) in [4.78, 5) is 81.6. The molecule has 0 bridgehead atoms. The van der Waals surface area contributed by atoms with Crippen molar-refractivity contribution in [1.29, 1.82) is 0 Å². The third-order valence-electron chi connectivity index (χ3n) is 7.41. The van der Waals surface area contributed by atoms with Crippen molar-refractivity contribution >= 4 is 53.6 Å². The molecule has 0 saturated carbocycles. The molecule has 0 aliphatic heterocycles. The van der Waals surface area contributed by atoms with E-state index in [9.17, 15) is 33.6 Å². The predicted octanol–water partition coefficient (Wildman–Crippen LogP) is 0.977. The quantitative estimate of drug-likeness (QED) is 0.0661. The Morgan fingerprint density at radius 1 is 0.585 bits per heavy atom. The Bertz CT molecular complexity index is 1210. The third-order valence-corrected chi connectivity index (χ3v) is 8.40. The number of benzene rings is 1. The van der Waals surface area contributed by atoms with E-state index < -0.39 is 72.7 Å². The first-order chi connectivity index (χ1) is 24.7. The Labute approximate surface area is 312 Å². The van der Waals surface area contributed by atoms with Gasteiger partial charge in [0.05, 0.1) is 25.7 Å². The maximum absolute atomic E-state index is 12.7. The molecule has 1 aromatic rings. The largest absolute Gasteiger partial charge is 0.481 e. The van der Waals surface area contributed by atoms with Crippen LogP contribution in [0.1, 0.15) is 53.4 Å². The molecule has 53 heavy (non-hydrogen) atoms. The Kier molecular flexibility index (Phi) is 25.9. The maximum atomic E-state index is 12.7. The zero-order valence-electron chi connectivity index (χ0n) is 30.5. The van der Waals surface area contributed by atoms with E-state index in [2.05, 4.69) is 67.1 Å². The fraction of sp³-hybridized carbons (Fsp3) is 0.606. The van der Waals surface area contributed by atoms with E-state index in [1.807, 2.05) is 11.0 Å². The van der Waals surface area contributed by atoms with Crippen molar-refractivity contribution in [3.63, 3.8) is 0 Å². The molecule has 19 nitrogen and oxygen atoms in total. The highest BCUT2D eigenvalue weighted by Crippen LogP contribution is 2.18. The fourth-order valence-electron chi connectivity index (χ4n) is 4.31. The Morgan fingerprint density at radius 3 is 1.30 bits per heavy atom. The number of urea groups is 1. The van der Waals surface area contributed by atoms with Gasteiger partial charge in [0, 0.05) is 43.4 Å². The van der Waals surface area contributed by atoms with Crippen LogP contribution in [-0.4, -0.2) is 173 Å². The molecule has 0 spiro atoms. The monoisotopic (exact) mass is 778 g/mol. The van der Waals surface area contributed by atoms with Crippen molar-refractivity contribution in [2.45, 2.75) is 69.5 Å². The highest BCUT2D eigenvalue weighted by atomic mass is 32.2. The van der Waals surface area contributed by atoms with Crippen molar-refractivity contribution in [2.75, 3.05) is 64.7 Å². The third kappa shape index (κ3) is 23.6. The van der Waals surface area contributed by atoms with Gasteiger partial charge in [-0.1, -0.05) is 45.9 Å². The van der Waals surface area contributed by atoms with E-state index in [-0.39, 0.29) is 6.03 Å². The van der Waals surface area contributed by atoms with Gasteiger partial charge < -0.3 is 60.9 Å². The summed E-state index contributed by atoms with van der Waals surface area (Å²) in [6, 6.07) is 10.4. The molecule has 0 aromatic heterocycles. The SMILES string of the molecule is CCN(CC)CCNC(=O)N(CCSc1ccccc1)CCN(CC)CC.O=C(O)CC(O)(CC(=O)O)C(=O)O.O=C(O)CC(O)(CC(=O)O)C(=O)O. The zero-order valence-corrected chi connectivity index (χ0v) is 31.3. The van der Waals surface area contributed by atoms with Gasteiger partial charge in [-0.15, -0.1) is 11.8 Å². The molecule has 0 radical (unpaired) electrons. The summed E-state index contributed by atoms with van der Waals surface area (Å²) < 4.78 is 0. The molecule has 0 aliphatic carbocycles. The molecular formula is C33H54N4O15S. The highest BCUT2D eigenvalue weighted by molar-refractivity contribution is 7.99. The Balaban J connectivity index is 0. The molecule has 20 heteroatoms. The van der Waals surface area contributed by atoms with Crippen LogP contribution in [0.2, 0.25) is 0 Å². The van der Waals surface area contributed by atoms with Gasteiger partial charge in [-0.2, -0.15) is 0 Å². The molecule has 302 valence electrons. The molecule has 0 saturated heterocycles.